The largest absolute Gasteiger partial charge is 0.507 e. The van der Waals surface area contributed by atoms with E-state index in [9.17, 15) is 45.0 Å². The van der Waals surface area contributed by atoms with Gasteiger partial charge in [-0.15, -0.1) is 0 Å². The number of phenolic OH excluding ortho intramolecular Hbond substituents is 2. The van der Waals surface area contributed by atoms with Crippen molar-refractivity contribution in [2.24, 2.45) is 0 Å². The lowest BCUT2D eigenvalue weighted by Gasteiger charge is -2.43. The van der Waals surface area contributed by atoms with E-state index in [-0.39, 0.29) is 60.2 Å². The van der Waals surface area contributed by atoms with Gasteiger partial charge in [-0.25, -0.2) is 0 Å². The lowest BCUT2D eigenvalue weighted by Crippen LogP contribution is -2.52. The Morgan fingerprint density at radius 1 is 1.07 bits per heavy atom. The van der Waals surface area contributed by atoms with Crippen LogP contribution >= 0.6 is 0 Å². The number of hydrogen-bond donors (Lipinski definition) is 6. The van der Waals surface area contributed by atoms with Crippen molar-refractivity contribution in [3.63, 3.8) is 0 Å². The zero-order valence-electron chi connectivity index (χ0n) is 24.6. The van der Waals surface area contributed by atoms with Crippen LogP contribution in [0.3, 0.4) is 0 Å². The van der Waals surface area contributed by atoms with Crippen LogP contribution in [0.2, 0.25) is 0 Å². The van der Waals surface area contributed by atoms with Gasteiger partial charge in [-0.05, 0) is 13.0 Å². The predicted molar refractivity (Wildman–Crippen MR) is 151 cm³/mol. The van der Waals surface area contributed by atoms with Gasteiger partial charge in [0.2, 0.25) is 5.78 Å². The fraction of sp³-hybridized carbons (Fsp3) is 0.516. The highest BCUT2D eigenvalue weighted by molar-refractivity contribution is 6.31. The Kier molecular flexibility index (Phi) is 8.20. The number of aliphatic hydroxyl groups excluding tert-OH is 3. The minimum Gasteiger partial charge on any atom is -0.507 e. The highest BCUT2D eigenvalue weighted by Crippen LogP contribution is 2.52. The van der Waals surface area contributed by atoms with E-state index in [0.717, 1.165) is 0 Å². The number of Topliss-reactive ketones (excluding diaryl/α,β-unsaturated/α-hetero) is 1. The number of aromatic hydroxyl groups is 2. The molecule has 2 aromatic rings. The van der Waals surface area contributed by atoms with Crippen LogP contribution in [0.1, 0.15) is 68.8 Å². The van der Waals surface area contributed by atoms with Crippen molar-refractivity contribution >= 4 is 17.3 Å². The summed E-state index contributed by atoms with van der Waals surface area (Å²) in [6, 6.07) is 4.01. The molecule has 6 N–H and O–H groups in total. The molecule has 2 aliphatic heterocycles. The monoisotopic (exact) mass is 629 g/mol. The van der Waals surface area contributed by atoms with E-state index in [0.29, 0.717) is 0 Å². The topological polar surface area (TPSA) is 213 Å². The summed E-state index contributed by atoms with van der Waals surface area (Å²) in [6.07, 6.45) is -5.02. The number of nitrogens with zero attached hydrogens (tertiary/aromatic N) is 1. The van der Waals surface area contributed by atoms with Crippen LogP contribution in [-0.2, 0) is 25.4 Å². The highest BCUT2D eigenvalue weighted by atomic mass is 16.7. The SMILES string of the molecule is COc1cccc2c1C(=O)c1c(O)c3c(c(O)c1C2=O)C[C@@](O)(C(=O)CO)C[C@@H]3OC1CC2C(OC(CO)N2CCO)C(C)O1. The second-order valence-corrected chi connectivity index (χ2v) is 11.8. The van der Waals surface area contributed by atoms with Gasteiger partial charge in [0.05, 0.1) is 49.2 Å². The van der Waals surface area contributed by atoms with E-state index >= 15 is 0 Å². The highest BCUT2D eigenvalue weighted by Gasteiger charge is 2.52. The summed E-state index contributed by atoms with van der Waals surface area (Å²) < 4.78 is 23.6. The number of methoxy groups -OCH3 is 1. The van der Waals surface area contributed by atoms with Crippen molar-refractivity contribution in [2.45, 2.75) is 68.7 Å². The van der Waals surface area contributed by atoms with E-state index in [4.69, 9.17) is 18.9 Å². The molecule has 2 fully saturated rings. The van der Waals surface area contributed by atoms with Crippen molar-refractivity contribution in [3.05, 3.63) is 51.6 Å². The van der Waals surface area contributed by atoms with Gasteiger partial charge in [0, 0.05) is 48.5 Å². The summed E-state index contributed by atoms with van der Waals surface area (Å²) in [6.45, 7) is 0.382. The number of benzene rings is 2. The number of carbonyl (C=O) groups excluding carboxylic acids is 3. The molecule has 2 saturated heterocycles. The molecule has 2 heterocycles. The molecule has 14 nitrogen and oxygen atoms in total. The standard InChI is InChI=1S/C31H35NO13/c1-13-30-16(32(6-7-33)20(12-35)45-30)8-21(43-13)44-18-10-31(41,19(36)11-34)9-15-23(18)29(40)25-24(27(15)38)26(37)14-4-3-5-17(42-2)22(14)28(25)39/h3-5,13,16,18,20-21,30,33-35,38,40-41H,6-12H2,1-2H3/t13?,16?,18-,20?,21?,30?,31-/m0/s1. The summed E-state index contributed by atoms with van der Waals surface area (Å²) in [7, 11) is 1.32. The van der Waals surface area contributed by atoms with E-state index < -0.39 is 95.9 Å². The van der Waals surface area contributed by atoms with Crippen molar-refractivity contribution < 1.29 is 64.0 Å². The smallest absolute Gasteiger partial charge is 0.202 e. The molecule has 2 aliphatic carbocycles. The molecule has 6 rings (SSSR count). The summed E-state index contributed by atoms with van der Waals surface area (Å²) in [5.74, 6) is -3.79. The van der Waals surface area contributed by atoms with Crippen LogP contribution in [0.25, 0.3) is 0 Å². The van der Waals surface area contributed by atoms with Crippen molar-refractivity contribution in [1.82, 2.24) is 4.90 Å². The molecule has 242 valence electrons. The van der Waals surface area contributed by atoms with Crippen LogP contribution < -0.4 is 4.74 Å². The molecule has 0 spiro atoms. The van der Waals surface area contributed by atoms with Gasteiger partial charge in [-0.2, -0.15) is 0 Å². The van der Waals surface area contributed by atoms with E-state index in [2.05, 4.69) is 0 Å². The Labute approximate surface area is 257 Å². The minimum atomic E-state index is -2.27. The predicted octanol–water partition coefficient (Wildman–Crippen LogP) is -0.307. The Hall–Kier alpha value is -3.47. The van der Waals surface area contributed by atoms with Crippen molar-refractivity contribution in [2.75, 3.05) is 33.5 Å². The third-order valence-corrected chi connectivity index (χ3v) is 9.32. The zero-order valence-corrected chi connectivity index (χ0v) is 24.6. The maximum Gasteiger partial charge on any atom is 0.202 e. The Bertz CT molecular complexity index is 1560. The molecular weight excluding hydrogens is 594 g/mol. The fourth-order valence-corrected chi connectivity index (χ4v) is 7.25. The number of phenols is 2. The van der Waals surface area contributed by atoms with Gasteiger partial charge in [-0.3, -0.25) is 19.3 Å². The van der Waals surface area contributed by atoms with E-state index in [1.165, 1.54) is 25.3 Å². The Balaban J connectivity index is 1.44. The van der Waals surface area contributed by atoms with E-state index in [1.807, 2.05) is 0 Å². The van der Waals surface area contributed by atoms with Crippen LogP contribution in [0.15, 0.2) is 18.2 Å². The molecule has 0 aromatic heterocycles. The second-order valence-electron chi connectivity index (χ2n) is 11.8. The second kappa shape index (κ2) is 11.7. The zero-order chi connectivity index (χ0) is 32.4. The molecule has 45 heavy (non-hydrogen) atoms. The normalized spacial score (nSPS) is 30.8. The summed E-state index contributed by atoms with van der Waals surface area (Å²) in [5.41, 5.74) is -3.67. The first-order valence-corrected chi connectivity index (χ1v) is 14.7. The molecule has 14 heteroatoms. The van der Waals surface area contributed by atoms with Crippen LogP contribution in [0.5, 0.6) is 17.2 Å². The maximum atomic E-state index is 13.8. The third kappa shape index (κ3) is 4.84. The van der Waals surface area contributed by atoms with Crippen LogP contribution in [0.4, 0.5) is 0 Å². The third-order valence-electron chi connectivity index (χ3n) is 9.32. The quantitative estimate of drug-likeness (QED) is 0.177. The van der Waals surface area contributed by atoms with Crippen molar-refractivity contribution in [3.8, 4) is 17.2 Å². The number of hydrogen-bond acceptors (Lipinski definition) is 14. The first-order chi connectivity index (χ1) is 21.5. The average Bonchev–Trinajstić information content (AvgIpc) is 3.38. The first-order valence-electron chi connectivity index (χ1n) is 14.7. The fourth-order valence-electron chi connectivity index (χ4n) is 7.25. The molecule has 0 saturated carbocycles. The molecular formula is C31H35NO13. The molecule has 0 radical (unpaired) electrons. The van der Waals surface area contributed by atoms with Gasteiger partial charge in [0.25, 0.3) is 0 Å². The summed E-state index contributed by atoms with van der Waals surface area (Å²) in [5, 5.41) is 63.8. The lowest BCUT2D eigenvalue weighted by atomic mass is 9.72. The number of aliphatic hydroxyl groups is 4. The maximum absolute atomic E-state index is 13.8. The number of ketones is 3. The number of ether oxygens (including phenoxy) is 4. The van der Waals surface area contributed by atoms with Crippen LogP contribution in [0, 0.1) is 0 Å². The average molecular weight is 630 g/mol. The van der Waals surface area contributed by atoms with E-state index in [1.54, 1.807) is 11.8 Å². The molecule has 5 unspecified atom stereocenters. The Morgan fingerprint density at radius 2 is 1.80 bits per heavy atom. The first kappa shape index (κ1) is 31.5. The minimum absolute atomic E-state index is 0.0571. The molecule has 0 bridgehead atoms. The number of fused-ring (bicyclic) bond motifs is 4. The molecule has 2 aromatic carbocycles. The number of β-amino-alcohol motifs (C(OH)–C–C–N with tert-alkyl or cyclic N) is 1. The lowest BCUT2D eigenvalue weighted by molar-refractivity contribution is -0.247. The van der Waals surface area contributed by atoms with Gasteiger partial charge in [0.1, 0.15) is 41.8 Å². The number of carbonyl (C=O) groups is 3. The van der Waals surface area contributed by atoms with Crippen molar-refractivity contribution in [1.29, 1.82) is 0 Å². The molecule has 7 atom stereocenters. The van der Waals surface area contributed by atoms with Gasteiger partial charge >= 0.3 is 0 Å². The number of rotatable bonds is 8. The Morgan fingerprint density at radius 3 is 2.47 bits per heavy atom. The summed E-state index contributed by atoms with van der Waals surface area (Å²) >= 11 is 0. The van der Waals surface area contributed by atoms with Gasteiger partial charge in [0.15, 0.2) is 17.9 Å². The molecule has 4 aliphatic rings. The molecule has 0 amide bonds. The van der Waals surface area contributed by atoms with Gasteiger partial charge < -0.3 is 49.6 Å². The van der Waals surface area contributed by atoms with Crippen LogP contribution in [-0.4, -0.2) is 123 Å². The summed E-state index contributed by atoms with van der Waals surface area (Å²) in [4.78, 5) is 42.1. The van der Waals surface area contributed by atoms with Gasteiger partial charge in [-0.1, -0.05) is 12.1 Å².